The molecule has 8 heteroatoms. The number of halogens is 1. The Kier molecular flexibility index (Phi) is 9.97. The summed E-state index contributed by atoms with van der Waals surface area (Å²) in [6.45, 7) is 10.4. The average molecular weight is 569 g/mol. The smallest absolute Gasteiger partial charge is 0.262 e. The van der Waals surface area contributed by atoms with Crippen LogP contribution in [0.15, 0.2) is 59.1 Å². The first-order chi connectivity index (χ1) is 17.7. The zero-order valence-corrected chi connectivity index (χ0v) is 23.4. The topological polar surface area (TPSA) is 85.9 Å². The van der Waals surface area contributed by atoms with Crippen LogP contribution in [-0.2, 0) is 4.79 Å². The predicted octanol–water partition coefficient (Wildman–Crippen LogP) is 6.95. The summed E-state index contributed by atoms with van der Waals surface area (Å²) in [4.78, 5) is 25.6. The van der Waals surface area contributed by atoms with Crippen LogP contribution in [0.25, 0.3) is 0 Å². The molecule has 0 radical (unpaired) electrons. The average Bonchev–Trinajstić information content (AvgIpc) is 2.87. The summed E-state index contributed by atoms with van der Waals surface area (Å²) in [7, 11) is 0. The zero-order chi connectivity index (χ0) is 26.9. The molecule has 0 fully saturated rings. The lowest BCUT2D eigenvalue weighted by Gasteiger charge is -2.19. The van der Waals surface area contributed by atoms with Gasteiger partial charge in [-0.25, -0.2) is 0 Å². The number of carbonyl (C=O) groups is 2. The summed E-state index contributed by atoms with van der Waals surface area (Å²) >= 11 is 3.56. The third-order valence-electron chi connectivity index (χ3n) is 5.51. The molecular weight excluding hydrogens is 536 g/mol. The van der Waals surface area contributed by atoms with Crippen LogP contribution in [0, 0.1) is 6.92 Å². The maximum absolute atomic E-state index is 12.9. The van der Waals surface area contributed by atoms with E-state index in [1.807, 2.05) is 39.0 Å². The van der Waals surface area contributed by atoms with Gasteiger partial charge in [0.2, 0.25) is 0 Å². The van der Waals surface area contributed by atoms with Crippen molar-refractivity contribution >= 4 is 39.1 Å². The van der Waals surface area contributed by atoms with Crippen molar-refractivity contribution in [1.82, 2.24) is 0 Å². The molecule has 0 bridgehead atoms. The van der Waals surface area contributed by atoms with Crippen LogP contribution >= 0.6 is 15.9 Å². The van der Waals surface area contributed by atoms with Crippen molar-refractivity contribution in [3.05, 3.63) is 75.8 Å². The fourth-order valence-corrected chi connectivity index (χ4v) is 4.03. The summed E-state index contributed by atoms with van der Waals surface area (Å²) in [5.41, 5.74) is 3.42. The van der Waals surface area contributed by atoms with Gasteiger partial charge in [-0.3, -0.25) is 9.59 Å². The largest absolute Gasteiger partial charge is 0.492 e. The Bertz CT molecular complexity index is 1240. The van der Waals surface area contributed by atoms with E-state index >= 15 is 0 Å². The number of carbonyl (C=O) groups excluding carboxylic acids is 2. The van der Waals surface area contributed by atoms with E-state index in [1.165, 1.54) is 0 Å². The molecule has 0 saturated heterocycles. The SMILES string of the molecule is CCOc1cc(NC(=O)c2ccccc2)c(OCC)cc1NC(=O)COc1cc(C)c(Br)cc1C(C)C. The highest BCUT2D eigenvalue weighted by Crippen LogP contribution is 2.37. The normalized spacial score (nSPS) is 10.7. The first kappa shape index (κ1) is 28.1. The van der Waals surface area contributed by atoms with Crippen LogP contribution in [0.4, 0.5) is 11.4 Å². The summed E-state index contributed by atoms with van der Waals surface area (Å²) in [6.07, 6.45) is 0. The number of amides is 2. The summed E-state index contributed by atoms with van der Waals surface area (Å²) in [6, 6.07) is 16.1. The van der Waals surface area contributed by atoms with Gasteiger partial charge < -0.3 is 24.8 Å². The van der Waals surface area contributed by atoms with Gasteiger partial charge in [0.05, 0.1) is 24.6 Å². The van der Waals surface area contributed by atoms with Crippen molar-refractivity contribution in [1.29, 1.82) is 0 Å². The molecule has 3 aromatic rings. The summed E-state index contributed by atoms with van der Waals surface area (Å²) in [5.74, 6) is 1.10. The second kappa shape index (κ2) is 13.1. The highest BCUT2D eigenvalue weighted by molar-refractivity contribution is 9.10. The third-order valence-corrected chi connectivity index (χ3v) is 6.37. The fourth-order valence-electron chi connectivity index (χ4n) is 3.67. The molecule has 196 valence electrons. The lowest BCUT2D eigenvalue weighted by atomic mass is 10.0. The van der Waals surface area contributed by atoms with Gasteiger partial charge in [0.25, 0.3) is 11.8 Å². The molecule has 0 aliphatic rings. The van der Waals surface area contributed by atoms with E-state index in [9.17, 15) is 9.59 Å². The Balaban J connectivity index is 1.81. The Labute approximate surface area is 226 Å². The molecule has 0 saturated carbocycles. The monoisotopic (exact) mass is 568 g/mol. The number of ether oxygens (including phenoxy) is 3. The Morgan fingerprint density at radius 1 is 0.838 bits per heavy atom. The van der Waals surface area contributed by atoms with Gasteiger partial charge in [-0.2, -0.15) is 0 Å². The molecule has 0 aliphatic heterocycles. The lowest BCUT2D eigenvalue weighted by molar-refractivity contribution is -0.118. The number of anilines is 2. The lowest BCUT2D eigenvalue weighted by Crippen LogP contribution is -2.21. The van der Waals surface area contributed by atoms with Gasteiger partial charge >= 0.3 is 0 Å². The number of nitrogens with one attached hydrogen (secondary N) is 2. The minimum Gasteiger partial charge on any atom is -0.492 e. The summed E-state index contributed by atoms with van der Waals surface area (Å²) in [5, 5.41) is 5.74. The molecule has 2 N–H and O–H groups in total. The van der Waals surface area contributed by atoms with Crippen LogP contribution < -0.4 is 24.8 Å². The van der Waals surface area contributed by atoms with Gasteiger partial charge in [0.1, 0.15) is 17.2 Å². The van der Waals surface area contributed by atoms with Gasteiger partial charge in [-0.05, 0) is 62.1 Å². The van der Waals surface area contributed by atoms with E-state index in [0.29, 0.717) is 47.4 Å². The Morgan fingerprint density at radius 3 is 2.00 bits per heavy atom. The van der Waals surface area contributed by atoms with Gasteiger partial charge in [0.15, 0.2) is 6.61 Å². The van der Waals surface area contributed by atoms with Crippen LogP contribution in [-0.4, -0.2) is 31.6 Å². The molecular formula is C29H33BrN2O5. The van der Waals surface area contributed by atoms with Gasteiger partial charge in [0, 0.05) is 22.2 Å². The number of benzene rings is 3. The minimum absolute atomic E-state index is 0.178. The van der Waals surface area contributed by atoms with Crippen molar-refractivity contribution in [3.8, 4) is 17.2 Å². The molecule has 3 rings (SSSR count). The molecule has 0 aromatic heterocycles. The maximum atomic E-state index is 12.9. The van der Waals surface area contributed by atoms with Crippen molar-refractivity contribution in [3.63, 3.8) is 0 Å². The first-order valence-electron chi connectivity index (χ1n) is 12.3. The van der Waals surface area contributed by atoms with Crippen LogP contribution in [0.5, 0.6) is 17.2 Å². The fraction of sp³-hybridized carbons (Fsp3) is 0.310. The van der Waals surface area contributed by atoms with E-state index in [-0.39, 0.29) is 24.3 Å². The molecule has 3 aromatic carbocycles. The molecule has 2 amide bonds. The Hall–Kier alpha value is -3.52. The number of aryl methyl sites for hydroxylation is 1. The second-order valence-corrected chi connectivity index (χ2v) is 9.52. The van der Waals surface area contributed by atoms with Crippen molar-refractivity contribution in [2.45, 2.75) is 40.5 Å². The molecule has 37 heavy (non-hydrogen) atoms. The van der Waals surface area contributed by atoms with Crippen LogP contribution in [0.2, 0.25) is 0 Å². The van der Waals surface area contributed by atoms with E-state index in [0.717, 1.165) is 15.6 Å². The van der Waals surface area contributed by atoms with Gasteiger partial charge in [-0.15, -0.1) is 0 Å². The third kappa shape index (κ3) is 7.49. The molecule has 0 heterocycles. The van der Waals surface area contributed by atoms with E-state index < -0.39 is 0 Å². The molecule has 7 nitrogen and oxygen atoms in total. The van der Waals surface area contributed by atoms with Crippen molar-refractivity contribution < 1.29 is 23.8 Å². The number of hydrogen-bond acceptors (Lipinski definition) is 5. The van der Waals surface area contributed by atoms with E-state index in [4.69, 9.17) is 14.2 Å². The molecule has 0 unspecified atom stereocenters. The highest BCUT2D eigenvalue weighted by Gasteiger charge is 2.18. The Morgan fingerprint density at radius 2 is 1.43 bits per heavy atom. The zero-order valence-electron chi connectivity index (χ0n) is 21.8. The molecule has 0 aliphatic carbocycles. The van der Waals surface area contributed by atoms with Gasteiger partial charge in [-0.1, -0.05) is 48.0 Å². The highest BCUT2D eigenvalue weighted by atomic mass is 79.9. The van der Waals surface area contributed by atoms with E-state index in [1.54, 1.807) is 36.4 Å². The second-order valence-electron chi connectivity index (χ2n) is 8.66. The standard InChI is InChI=1S/C29H33BrN2O5/c1-6-35-26-16-24(32-29(34)20-11-9-8-10-12-20)27(36-7-2)15-23(26)31-28(33)17-37-25-13-19(5)22(30)14-21(25)18(3)4/h8-16,18H,6-7,17H2,1-5H3,(H,31,33)(H,32,34). The summed E-state index contributed by atoms with van der Waals surface area (Å²) < 4.78 is 18.4. The van der Waals surface area contributed by atoms with Crippen LogP contribution in [0.1, 0.15) is 55.1 Å². The molecule has 0 spiro atoms. The number of hydrogen-bond donors (Lipinski definition) is 2. The number of rotatable bonds is 11. The minimum atomic E-state index is -0.347. The molecule has 0 atom stereocenters. The quantitative estimate of drug-likeness (QED) is 0.261. The van der Waals surface area contributed by atoms with Crippen molar-refractivity contribution in [2.75, 3.05) is 30.5 Å². The van der Waals surface area contributed by atoms with Crippen molar-refractivity contribution in [2.24, 2.45) is 0 Å². The van der Waals surface area contributed by atoms with Crippen LogP contribution in [0.3, 0.4) is 0 Å². The maximum Gasteiger partial charge on any atom is 0.262 e. The first-order valence-corrected chi connectivity index (χ1v) is 13.0. The van der Waals surface area contributed by atoms with E-state index in [2.05, 4.69) is 40.4 Å². The predicted molar refractivity (Wildman–Crippen MR) is 150 cm³/mol.